The van der Waals surface area contributed by atoms with E-state index in [4.69, 9.17) is 4.74 Å². The Kier molecular flexibility index (Phi) is 17.4. The number of ether oxygens (including phenoxy) is 1. The minimum Gasteiger partial charge on any atom is -0.350 e. The molecule has 3 rings (SSSR count). The highest BCUT2D eigenvalue weighted by Gasteiger charge is 2.44. The van der Waals surface area contributed by atoms with Crippen LogP contribution in [-0.2, 0) is 49.5 Å². The summed E-state index contributed by atoms with van der Waals surface area (Å²) in [6, 6.07) is 8.22. The van der Waals surface area contributed by atoms with Crippen LogP contribution < -0.4 is 16.0 Å². The monoisotopic (exact) mass is 766 g/mol. The maximum absolute atomic E-state index is 13.3. The molecule has 1 aromatic rings. The SMILES string of the molecule is CC(C)(C)C(=O)[C@@H](CC1CC1)OCNC(=O)CCC(=O)[C@H](Cc1ccccc1)NC(=O)CCC(=O)CNC(=O)CCCCCN1C(=O)CC(C(C)(C)C)C1=O. The molecule has 13 heteroatoms. The van der Waals surface area contributed by atoms with Crippen molar-refractivity contribution in [2.45, 2.75) is 137 Å². The van der Waals surface area contributed by atoms with Gasteiger partial charge in [0.25, 0.3) is 0 Å². The van der Waals surface area contributed by atoms with E-state index in [1.165, 1.54) is 4.90 Å². The van der Waals surface area contributed by atoms with Gasteiger partial charge in [0.05, 0.1) is 18.5 Å². The zero-order valence-corrected chi connectivity index (χ0v) is 33.6. The molecule has 3 atom stereocenters. The Morgan fingerprint density at radius 3 is 2.07 bits per heavy atom. The molecule has 1 heterocycles. The largest absolute Gasteiger partial charge is 0.350 e. The zero-order chi connectivity index (χ0) is 40.8. The Labute approximate surface area is 325 Å². The maximum atomic E-state index is 13.3. The summed E-state index contributed by atoms with van der Waals surface area (Å²) in [5, 5.41) is 7.95. The van der Waals surface area contributed by atoms with Gasteiger partial charge in [0.2, 0.25) is 29.5 Å². The van der Waals surface area contributed by atoms with Crippen molar-refractivity contribution >= 4 is 46.9 Å². The molecule has 1 saturated heterocycles. The number of unbranched alkanes of at least 4 members (excludes halogenated alkanes) is 2. The van der Waals surface area contributed by atoms with Gasteiger partial charge < -0.3 is 20.7 Å². The molecule has 304 valence electrons. The second kappa shape index (κ2) is 21.2. The van der Waals surface area contributed by atoms with Crippen molar-refractivity contribution in [1.29, 1.82) is 0 Å². The highest BCUT2D eigenvalue weighted by Crippen LogP contribution is 2.36. The van der Waals surface area contributed by atoms with Gasteiger partial charge in [0.1, 0.15) is 12.8 Å². The van der Waals surface area contributed by atoms with Gasteiger partial charge in [-0.3, -0.25) is 43.3 Å². The molecule has 1 aliphatic heterocycles. The molecule has 3 N–H and O–H groups in total. The number of nitrogens with zero attached hydrogens (tertiary/aromatic N) is 1. The summed E-state index contributed by atoms with van der Waals surface area (Å²) in [4.78, 5) is 103. The standard InChI is InChI=1S/C42H62N4O9/c1-41(2,3)31-25-38(52)46(40(31)54)22-12-8-11-15-35(49)43-26-30(47)18-20-37(51)45-32(23-28-13-9-7-10-14-28)33(48)19-21-36(50)44-27-55-34(24-29-16-17-29)39(53)42(4,5)6/h7,9-10,13-14,29,31-32,34H,8,11-12,15-27H2,1-6H3,(H,43,49)(H,44,50)(H,45,51)/t31?,32-,34+/m0/s1. The third kappa shape index (κ3) is 16.2. The summed E-state index contributed by atoms with van der Waals surface area (Å²) in [6.07, 6.45) is 3.98. The molecule has 0 spiro atoms. The molecule has 1 saturated carbocycles. The second-order valence-electron chi connectivity index (χ2n) is 17.1. The molecule has 0 bridgehead atoms. The number of benzene rings is 1. The van der Waals surface area contributed by atoms with Crippen LogP contribution in [-0.4, -0.2) is 83.8 Å². The molecule has 2 fully saturated rings. The minimum atomic E-state index is -0.914. The number of ketones is 3. The maximum Gasteiger partial charge on any atom is 0.233 e. The minimum absolute atomic E-state index is 0.0134. The van der Waals surface area contributed by atoms with Crippen LogP contribution in [0.2, 0.25) is 0 Å². The summed E-state index contributed by atoms with van der Waals surface area (Å²) >= 11 is 0. The van der Waals surface area contributed by atoms with Crippen LogP contribution in [0.5, 0.6) is 0 Å². The van der Waals surface area contributed by atoms with Crippen LogP contribution in [0.1, 0.15) is 124 Å². The van der Waals surface area contributed by atoms with E-state index in [2.05, 4.69) is 16.0 Å². The predicted octanol–water partition coefficient (Wildman–Crippen LogP) is 4.38. The van der Waals surface area contributed by atoms with E-state index in [-0.39, 0.29) is 105 Å². The number of amides is 5. The Hall–Kier alpha value is -4.26. The average molecular weight is 767 g/mol. The van der Waals surface area contributed by atoms with Gasteiger partial charge in [-0.1, -0.05) is 91.1 Å². The van der Waals surface area contributed by atoms with Gasteiger partial charge in [-0.15, -0.1) is 0 Å². The summed E-state index contributed by atoms with van der Waals surface area (Å²) < 4.78 is 5.78. The van der Waals surface area contributed by atoms with E-state index in [1.807, 2.05) is 71.9 Å². The highest BCUT2D eigenvalue weighted by atomic mass is 16.5. The Morgan fingerprint density at radius 2 is 1.45 bits per heavy atom. The normalized spacial score (nSPS) is 17.1. The van der Waals surface area contributed by atoms with Crippen LogP contribution in [0.15, 0.2) is 30.3 Å². The van der Waals surface area contributed by atoms with Gasteiger partial charge in [0.15, 0.2) is 17.3 Å². The number of hydrogen-bond donors (Lipinski definition) is 3. The lowest BCUT2D eigenvalue weighted by atomic mass is 9.80. The topological polar surface area (TPSA) is 185 Å². The smallest absolute Gasteiger partial charge is 0.233 e. The molecule has 55 heavy (non-hydrogen) atoms. The molecule has 0 radical (unpaired) electrons. The highest BCUT2D eigenvalue weighted by molar-refractivity contribution is 6.03. The first-order valence-electron chi connectivity index (χ1n) is 19.8. The van der Waals surface area contributed by atoms with Crippen molar-refractivity contribution in [3.05, 3.63) is 35.9 Å². The van der Waals surface area contributed by atoms with Gasteiger partial charge in [-0.05, 0) is 42.6 Å². The number of likely N-dealkylation sites (tertiary alicyclic amines) is 1. The van der Waals surface area contributed by atoms with E-state index in [0.29, 0.717) is 38.1 Å². The van der Waals surface area contributed by atoms with E-state index in [9.17, 15) is 38.4 Å². The van der Waals surface area contributed by atoms with Crippen molar-refractivity contribution in [2.75, 3.05) is 19.8 Å². The van der Waals surface area contributed by atoms with E-state index in [0.717, 1.165) is 18.4 Å². The Morgan fingerprint density at radius 1 is 0.800 bits per heavy atom. The number of imide groups is 1. The van der Waals surface area contributed by atoms with Gasteiger partial charge in [-0.25, -0.2) is 0 Å². The first kappa shape index (κ1) is 45.1. The molecular weight excluding hydrogens is 704 g/mol. The van der Waals surface area contributed by atoms with Crippen molar-refractivity contribution < 1.29 is 43.1 Å². The lowest BCUT2D eigenvalue weighted by molar-refractivity contribution is -0.141. The molecule has 1 aromatic carbocycles. The Bertz CT molecular complexity index is 1530. The third-order valence-electron chi connectivity index (χ3n) is 10.1. The fourth-order valence-corrected chi connectivity index (χ4v) is 6.43. The quantitative estimate of drug-likeness (QED) is 0.0781. The molecule has 13 nitrogen and oxygen atoms in total. The molecule has 5 amide bonds. The van der Waals surface area contributed by atoms with Crippen LogP contribution in [0.25, 0.3) is 0 Å². The lowest BCUT2D eigenvalue weighted by Gasteiger charge is -2.25. The van der Waals surface area contributed by atoms with Crippen LogP contribution in [0, 0.1) is 22.7 Å². The Balaban J connectivity index is 1.36. The number of carbonyl (C=O) groups excluding carboxylic acids is 8. The molecule has 1 aliphatic carbocycles. The molecular formula is C42H62N4O9. The van der Waals surface area contributed by atoms with Crippen LogP contribution in [0.3, 0.4) is 0 Å². The first-order valence-corrected chi connectivity index (χ1v) is 19.8. The van der Waals surface area contributed by atoms with E-state index >= 15 is 0 Å². The summed E-state index contributed by atoms with van der Waals surface area (Å²) in [6.45, 7) is 11.3. The van der Waals surface area contributed by atoms with E-state index in [1.54, 1.807) is 0 Å². The van der Waals surface area contributed by atoms with Crippen molar-refractivity contribution in [1.82, 2.24) is 20.9 Å². The van der Waals surface area contributed by atoms with Gasteiger partial charge in [-0.2, -0.15) is 0 Å². The van der Waals surface area contributed by atoms with Gasteiger partial charge in [0, 0.05) is 50.5 Å². The van der Waals surface area contributed by atoms with Crippen molar-refractivity contribution in [3.63, 3.8) is 0 Å². The van der Waals surface area contributed by atoms with Crippen molar-refractivity contribution in [3.8, 4) is 0 Å². The summed E-state index contributed by atoms with van der Waals surface area (Å²) in [5.74, 6) is -2.04. The van der Waals surface area contributed by atoms with Gasteiger partial charge >= 0.3 is 0 Å². The number of Topliss-reactive ketones (excluding diaryl/α,β-unsaturated/α-hetero) is 3. The number of hydrogen-bond acceptors (Lipinski definition) is 9. The zero-order valence-electron chi connectivity index (χ0n) is 33.6. The van der Waals surface area contributed by atoms with Crippen LogP contribution in [0.4, 0.5) is 0 Å². The first-order chi connectivity index (χ1) is 25.8. The average Bonchev–Trinajstić information content (AvgIpc) is 3.89. The number of rotatable bonds is 24. The van der Waals surface area contributed by atoms with Crippen LogP contribution >= 0.6 is 0 Å². The predicted molar refractivity (Wildman–Crippen MR) is 206 cm³/mol. The fraction of sp³-hybridized carbons (Fsp3) is 0.667. The lowest BCUT2D eigenvalue weighted by Crippen LogP contribution is -2.43. The third-order valence-corrected chi connectivity index (χ3v) is 10.1. The van der Waals surface area contributed by atoms with E-state index < -0.39 is 29.4 Å². The number of carbonyl (C=O) groups is 8. The van der Waals surface area contributed by atoms with Crippen molar-refractivity contribution in [2.24, 2.45) is 22.7 Å². The summed E-state index contributed by atoms with van der Waals surface area (Å²) in [7, 11) is 0. The fourth-order valence-electron chi connectivity index (χ4n) is 6.43. The summed E-state index contributed by atoms with van der Waals surface area (Å²) in [5.41, 5.74) is -0.0348. The molecule has 1 unspecified atom stereocenters. The number of nitrogens with one attached hydrogen (secondary N) is 3. The molecule has 2 aliphatic rings. The second-order valence-corrected chi connectivity index (χ2v) is 17.1. The molecule has 0 aromatic heterocycles.